The average molecular weight is 188 g/mol. The number of piperazine rings is 1. The summed E-state index contributed by atoms with van der Waals surface area (Å²) >= 11 is 4.39. The van der Waals surface area contributed by atoms with Gasteiger partial charge in [0.1, 0.15) is 0 Å². The molecular formula is C9H20N2S. The van der Waals surface area contributed by atoms with Crippen LogP contribution in [0.15, 0.2) is 0 Å². The third kappa shape index (κ3) is 1.78. The highest BCUT2D eigenvalue weighted by Gasteiger charge is 2.42. The van der Waals surface area contributed by atoms with E-state index in [1.165, 1.54) is 26.1 Å². The molecule has 0 amide bonds. The first-order valence-corrected chi connectivity index (χ1v) is 5.41. The summed E-state index contributed by atoms with van der Waals surface area (Å²) in [5.74, 6) is 0. The van der Waals surface area contributed by atoms with E-state index in [-0.39, 0.29) is 0 Å². The maximum absolute atomic E-state index is 4.39. The SMILES string of the molecule is CC.CCN1CC2CC(C1)N2S. The zero-order valence-corrected chi connectivity index (χ0v) is 9.22. The summed E-state index contributed by atoms with van der Waals surface area (Å²) in [6.45, 7) is 9.90. The van der Waals surface area contributed by atoms with Gasteiger partial charge in [0.05, 0.1) is 0 Å². The van der Waals surface area contributed by atoms with Crippen LogP contribution in [0.1, 0.15) is 27.2 Å². The molecule has 2 nitrogen and oxygen atoms in total. The number of hydrogen-bond acceptors (Lipinski definition) is 3. The summed E-state index contributed by atoms with van der Waals surface area (Å²) in [5, 5.41) is 0. The Balaban J connectivity index is 0.000000336. The van der Waals surface area contributed by atoms with E-state index in [9.17, 15) is 0 Å². The van der Waals surface area contributed by atoms with Crippen molar-refractivity contribution in [1.29, 1.82) is 0 Å². The minimum absolute atomic E-state index is 0.752. The lowest BCUT2D eigenvalue weighted by Gasteiger charge is -2.53. The van der Waals surface area contributed by atoms with Crippen LogP contribution in [0.4, 0.5) is 0 Å². The van der Waals surface area contributed by atoms with Crippen molar-refractivity contribution in [3.63, 3.8) is 0 Å². The van der Waals surface area contributed by atoms with Crippen molar-refractivity contribution >= 4 is 12.8 Å². The molecule has 0 N–H and O–H groups in total. The van der Waals surface area contributed by atoms with Crippen LogP contribution in [-0.4, -0.2) is 40.9 Å². The number of likely N-dealkylation sites (N-methyl/N-ethyl adjacent to an activating group) is 1. The van der Waals surface area contributed by atoms with Crippen LogP contribution in [0.5, 0.6) is 0 Å². The second-order valence-corrected chi connectivity index (χ2v) is 3.74. The highest BCUT2D eigenvalue weighted by molar-refractivity contribution is 7.77. The lowest BCUT2D eigenvalue weighted by Crippen LogP contribution is -2.64. The van der Waals surface area contributed by atoms with Gasteiger partial charge in [-0.2, -0.15) is 0 Å². The molecule has 3 aliphatic heterocycles. The van der Waals surface area contributed by atoms with Gasteiger partial charge in [-0.15, -0.1) is 0 Å². The summed E-state index contributed by atoms with van der Waals surface area (Å²) in [5.41, 5.74) is 0. The molecule has 3 rings (SSSR count). The Morgan fingerprint density at radius 3 is 2.08 bits per heavy atom. The van der Waals surface area contributed by atoms with E-state index in [2.05, 4.69) is 28.9 Å². The Kier molecular flexibility index (Phi) is 3.87. The quantitative estimate of drug-likeness (QED) is 0.625. The Morgan fingerprint density at radius 2 is 1.75 bits per heavy atom. The van der Waals surface area contributed by atoms with Crippen molar-refractivity contribution in [3.8, 4) is 0 Å². The van der Waals surface area contributed by atoms with Crippen molar-refractivity contribution in [3.05, 3.63) is 0 Å². The number of hydrogen-bond donors (Lipinski definition) is 1. The molecule has 0 aromatic rings. The van der Waals surface area contributed by atoms with Crippen molar-refractivity contribution < 1.29 is 0 Å². The predicted octanol–water partition coefficient (Wildman–Crippen LogP) is 1.64. The molecule has 2 unspecified atom stereocenters. The molecule has 3 saturated heterocycles. The van der Waals surface area contributed by atoms with Gasteiger partial charge >= 0.3 is 0 Å². The summed E-state index contributed by atoms with van der Waals surface area (Å²) in [6, 6.07) is 1.50. The Bertz CT molecular complexity index is 128. The van der Waals surface area contributed by atoms with Crippen LogP contribution in [-0.2, 0) is 0 Å². The Labute approximate surface area is 81.5 Å². The van der Waals surface area contributed by atoms with Gasteiger partial charge in [-0.25, -0.2) is 4.31 Å². The lowest BCUT2D eigenvalue weighted by molar-refractivity contribution is 0.00556. The van der Waals surface area contributed by atoms with Crippen molar-refractivity contribution in [2.45, 2.75) is 39.3 Å². The molecule has 3 aliphatic rings. The van der Waals surface area contributed by atoms with Crippen molar-refractivity contribution in [1.82, 2.24) is 9.21 Å². The van der Waals surface area contributed by atoms with E-state index in [1.54, 1.807) is 0 Å². The van der Waals surface area contributed by atoms with E-state index in [1.807, 2.05) is 13.8 Å². The average Bonchev–Trinajstić information content (AvgIpc) is 2.20. The van der Waals surface area contributed by atoms with Crippen LogP contribution >= 0.6 is 12.8 Å². The van der Waals surface area contributed by atoms with E-state index in [0.717, 1.165) is 12.1 Å². The van der Waals surface area contributed by atoms with Crippen LogP contribution in [0.2, 0.25) is 0 Å². The minimum atomic E-state index is 0.752. The van der Waals surface area contributed by atoms with E-state index in [4.69, 9.17) is 0 Å². The number of fused-ring (bicyclic) bond motifs is 2. The molecule has 0 radical (unpaired) electrons. The van der Waals surface area contributed by atoms with Crippen LogP contribution in [0.25, 0.3) is 0 Å². The summed E-state index contributed by atoms with van der Waals surface area (Å²) < 4.78 is 2.21. The van der Waals surface area contributed by atoms with Gasteiger partial charge in [-0.1, -0.05) is 33.6 Å². The smallest absolute Gasteiger partial charge is 0.0346 e. The van der Waals surface area contributed by atoms with Gasteiger partial charge in [0.15, 0.2) is 0 Å². The monoisotopic (exact) mass is 188 g/mol. The highest BCUT2D eigenvalue weighted by atomic mass is 32.1. The third-order valence-electron chi connectivity index (χ3n) is 2.68. The molecule has 3 fully saturated rings. The standard InChI is InChI=1S/C7H14N2S.C2H6/c1-2-8-4-6-3-7(5-8)9(6)10;1-2/h6-7,10H,2-5H2,1H3;1-2H3. The van der Waals surface area contributed by atoms with E-state index < -0.39 is 0 Å². The van der Waals surface area contributed by atoms with Crippen LogP contribution in [0.3, 0.4) is 0 Å². The molecule has 0 aromatic carbocycles. The van der Waals surface area contributed by atoms with E-state index in [0.29, 0.717) is 0 Å². The zero-order chi connectivity index (χ0) is 9.14. The van der Waals surface area contributed by atoms with Crippen molar-refractivity contribution in [2.75, 3.05) is 19.6 Å². The fourth-order valence-corrected chi connectivity index (χ4v) is 2.27. The first-order chi connectivity index (χ1) is 5.81. The first kappa shape index (κ1) is 10.4. The Hall–Kier alpha value is 0.270. The first-order valence-electron chi connectivity index (χ1n) is 5.01. The molecule has 12 heavy (non-hydrogen) atoms. The van der Waals surface area contributed by atoms with Gasteiger partial charge in [0.25, 0.3) is 0 Å². The highest BCUT2D eigenvalue weighted by Crippen LogP contribution is 2.33. The second-order valence-electron chi connectivity index (χ2n) is 3.28. The molecule has 2 atom stereocenters. The minimum Gasteiger partial charge on any atom is -0.300 e. The topological polar surface area (TPSA) is 6.48 Å². The fourth-order valence-electron chi connectivity index (χ4n) is 1.94. The maximum Gasteiger partial charge on any atom is 0.0346 e. The van der Waals surface area contributed by atoms with Crippen LogP contribution in [0, 0.1) is 0 Å². The predicted molar refractivity (Wildman–Crippen MR) is 56.5 cm³/mol. The fraction of sp³-hybridized carbons (Fsp3) is 1.00. The summed E-state index contributed by atoms with van der Waals surface area (Å²) in [4.78, 5) is 2.51. The van der Waals surface area contributed by atoms with Crippen LogP contribution < -0.4 is 0 Å². The van der Waals surface area contributed by atoms with Gasteiger partial charge < -0.3 is 4.90 Å². The number of rotatable bonds is 1. The molecule has 3 heterocycles. The molecule has 72 valence electrons. The molecule has 3 heteroatoms. The molecule has 0 aliphatic carbocycles. The number of thiol groups is 1. The van der Waals surface area contributed by atoms with Gasteiger partial charge in [-0.05, 0) is 13.0 Å². The number of nitrogens with zero attached hydrogens (tertiary/aromatic N) is 2. The third-order valence-corrected chi connectivity index (χ3v) is 3.33. The maximum atomic E-state index is 4.39. The summed E-state index contributed by atoms with van der Waals surface area (Å²) in [6.07, 6.45) is 1.38. The molecule has 0 saturated carbocycles. The number of piperidine rings is 1. The summed E-state index contributed by atoms with van der Waals surface area (Å²) in [7, 11) is 0. The van der Waals surface area contributed by atoms with E-state index >= 15 is 0 Å². The Morgan fingerprint density at radius 1 is 1.25 bits per heavy atom. The second kappa shape index (κ2) is 4.49. The molecular weight excluding hydrogens is 168 g/mol. The largest absolute Gasteiger partial charge is 0.300 e. The molecule has 0 spiro atoms. The van der Waals surface area contributed by atoms with Gasteiger partial charge in [-0.3, -0.25) is 0 Å². The van der Waals surface area contributed by atoms with Crippen molar-refractivity contribution in [2.24, 2.45) is 0 Å². The van der Waals surface area contributed by atoms with Gasteiger partial charge in [0.2, 0.25) is 0 Å². The normalized spacial score (nSPS) is 35.0. The molecule has 2 bridgehead atoms. The van der Waals surface area contributed by atoms with Gasteiger partial charge in [0, 0.05) is 25.2 Å². The zero-order valence-electron chi connectivity index (χ0n) is 8.32. The molecule has 0 aromatic heterocycles. The lowest BCUT2D eigenvalue weighted by atomic mass is 9.91.